The minimum atomic E-state index is -0.899. The van der Waals surface area contributed by atoms with E-state index in [1.54, 1.807) is 0 Å². The fourth-order valence-corrected chi connectivity index (χ4v) is 3.13. The summed E-state index contributed by atoms with van der Waals surface area (Å²) in [7, 11) is 0. The molecule has 21 heavy (non-hydrogen) atoms. The number of nitrogens with zero attached hydrogens (tertiary/aromatic N) is 1. The number of aromatic amines is 1. The van der Waals surface area contributed by atoms with E-state index >= 15 is 0 Å². The summed E-state index contributed by atoms with van der Waals surface area (Å²) >= 11 is 0. The highest BCUT2D eigenvalue weighted by Crippen LogP contribution is 2.29. The normalized spacial score (nSPS) is 18.2. The van der Waals surface area contributed by atoms with Crippen molar-refractivity contribution in [2.45, 2.75) is 58.0 Å². The van der Waals surface area contributed by atoms with Crippen LogP contribution in [0.2, 0.25) is 0 Å². The lowest BCUT2D eigenvalue weighted by atomic mass is 9.97. The van der Waals surface area contributed by atoms with Gasteiger partial charge in [0.1, 0.15) is 5.54 Å². The third-order valence-electron chi connectivity index (χ3n) is 4.25. The third kappa shape index (κ3) is 3.01. The van der Waals surface area contributed by atoms with Gasteiger partial charge < -0.3 is 16.4 Å². The molecule has 1 heterocycles. The van der Waals surface area contributed by atoms with Crippen molar-refractivity contribution in [3.05, 3.63) is 17.0 Å². The summed E-state index contributed by atoms with van der Waals surface area (Å²) in [5.74, 6) is -0.460. The maximum absolute atomic E-state index is 12.2. The van der Waals surface area contributed by atoms with Gasteiger partial charge in [0.05, 0.1) is 11.7 Å². The Bertz CT molecular complexity index is 526. The molecule has 1 atom stereocenters. The Kier molecular flexibility index (Phi) is 4.20. The van der Waals surface area contributed by atoms with Gasteiger partial charge in [-0.1, -0.05) is 12.8 Å². The minimum absolute atomic E-state index is 0.199. The molecule has 3 amide bonds. The number of hydrogen-bond donors (Lipinski definition) is 4. The Morgan fingerprint density at radius 3 is 2.43 bits per heavy atom. The molecule has 7 heteroatoms. The maximum atomic E-state index is 12.2. The first-order valence-corrected chi connectivity index (χ1v) is 7.26. The van der Waals surface area contributed by atoms with Crippen molar-refractivity contribution in [3.63, 3.8) is 0 Å². The summed E-state index contributed by atoms with van der Waals surface area (Å²) in [6, 6.07) is -0.571. The number of rotatable bonds is 4. The summed E-state index contributed by atoms with van der Waals surface area (Å²) in [5, 5.41) is 12.6. The molecular formula is C14H23N5O2. The quantitative estimate of drug-likeness (QED) is 0.668. The van der Waals surface area contributed by atoms with Crippen molar-refractivity contribution in [1.82, 2.24) is 20.8 Å². The lowest BCUT2D eigenvalue weighted by molar-refractivity contribution is -0.123. The molecule has 7 nitrogen and oxygen atoms in total. The Balaban J connectivity index is 2.03. The number of urea groups is 1. The first-order chi connectivity index (χ1) is 9.85. The Labute approximate surface area is 124 Å². The van der Waals surface area contributed by atoms with Gasteiger partial charge >= 0.3 is 6.03 Å². The van der Waals surface area contributed by atoms with Gasteiger partial charge in [0, 0.05) is 11.3 Å². The van der Waals surface area contributed by atoms with Crippen LogP contribution in [-0.2, 0) is 4.79 Å². The monoisotopic (exact) mass is 293 g/mol. The second-order valence-electron chi connectivity index (χ2n) is 5.82. The van der Waals surface area contributed by atoms with Crippen LogP contribution in [0.1, 0.15) is 55.6 Å². The van der Waals surface area contributed by atoms with E-state index in [-0.39, 0.29) is 12.1 Å². The van der Waals surface area contributed by atoms with Crippen molar-refractivity contribution in [1.29, 1.82) is 0 Å². The molecule has 0 saturated heterocycles. The standard InChI is InChI=1S/C14H23N5O2/c1-8(11-9(2)18-19-10(11)3)16-13(21)17-14(12(15)20)6-4-5-7-14/h8H,4-7H2,1-3H3,(H2,15,20)(H,18,19)(H2,16,17,21)/t8-/m0/s1. The lowest BCUT2D eigenvalue weighted by Gasteiger charge is -2.27. The van der Waals surface area contributed by atoms with Gasteiger partial charge in [-0.15, -0.1) is 0 Å². The zero-order valence-corrected chi connectivity index (χ0v) is 12.7. The second-order valence-corrected chi connectivity index (χ2v) is 5.82. The number of primary amides is 1. The second kappa shape index (κ2) is 5.75. The highest BCUT2D eigenvalue weighted by molar-refractivity contribution is 5.90. The number of carbonyl (C=O) groups is 2. The highest BCUT2D eigenvalue weighted by atomic mass is 16.2. The molecule has 1 aromatic rings. The van der Waals surface area contributed by atoms with Crippen molar-refractivity contribution in [2.75, 3.05) is 0 Å². The molecule has 0 spiro atoms. The van der Waals surface area contributed by atoms with Gasteiger partial charge in [-0.05, 0) is 33.6 Å². The van der Waals surface area contributed by atoms with E-state index in [2.05, 4.69) is 20.8 Å². The summed E-state index contributed by atoms with van der Waals surface area (Å²) in [5.41, 5.74) is 7.30. The summed E-state index contributed by atoms with van der Waals surface area (Å²) in [6.45, 7) is 5.68. The maximum Gasteiger partial charge on any atom is 0.316 e. The minimum Gasteiger partial charge on any atom is -0.368 e. The van der Waals surface area contributed by atoms with Crippen LogP contribution in [0.5, 0.6) is 0 Å². The van der Waals surface area contributed by atoms with E-state index in [9.17, 15) is 9.59 Å². The van der Waals surface area contributed by atoms with Gasteiger partial charge in [-0.2, -0.15) is 5.10 Å². The fourth-order valence-electron chi connectivity index (χ4n) is 3.13. The van der Waals surface area contributed by atoms with Crippen LogP contribution < -0.4 is 16.4 Å². The van der Waals surface area contributed by atoms with Crippen LogP contribution in [0.15, 0.2) is 0 Å². The molecule has 0 bridgehead atoms. The van der Waals surface area contributed by atoms with Gasteiger partial charge in [0.25, 0.3) is 0 Å². The van der Waals surface area contributed by atoms with E-state index < -0.39 is 11.4 Å². The average Bonchev–Trinajstić information content (AvgIpc) is 2.97. The number of hydrogen-bond acceptors (Lipinski definition) is 3. The van der Waals surface area contributed by atoms with Crippen molar-refractivity contribution >= 4 is 11.9 Å². The highest BCUT2D eigenvalue weighted by Gasteiger charge is 2.41. The predicted octanol–water partition coefficient (Wildman–Crippen LogP) is 1.18. The average molecular weight is 293 g/mol. The van der Waals surface area contributed by atoms with Crippen LogP contribution in [0.4, 0.5) is 4.79 Å². The van der Waals surface area contributed by atoms with E-state index in [0.717, 1.165) is 29.8 Å². The summed E-state index contributed by atoms with van der Waals surface area (Å²) in [4.78, 5) is 23.8. The zero-order chi connectivity index (χ0) is 15.6. The largest absolute Gasteiger partial charge is 0.368 e. The number of aromatic nitrogens is 2. The number of nitrogens with one attached hydrogen (secondary N) is 3. The number of carbonyl (C=O) groups excluding carboxylic acids is 2. The molecule has 1 aromatic heterocycles. The van der Waals surface area contributed by atoms with E-state index in [4.69, 9.17) is 5.73 Å². The molecule has 1 fully saturated rings. The molecule has 0 aliphatic heterocycles. The molecule has 1 aliphatic rings. The van der Waals surface area contributed by atoms with E-state index in [1.807, 2.05) is 20.8 Å². The van der Waals surface area contributed by atoms with Crippen LogP contribution in [-0.4, -0.2) is 27.7 Å². The Morgan fingerprint density at radius 1 is 1.33 bits per heavy atom. The molecular weight excluding hydrogens is 270 g/mol. The van der Waals surface area contributed by atoms with Crippen LogP contribution in [0.3, 0.4) is 0 Å². The smallest absolute Gasteiger partial charge is 0.316 e. The fraction of sp³-hybridized carbons (Fsp3) is 0.643. The van der Waals surface area contributed by atoms with Crippen molar-refractivity contribution in [2.24, 2.45) is 5.73 Å². The van der Waals surface area contributed by atoms with Crippen LogP contribution in [0.25, 0.3) is 0 Å². The van der Waals surface area contributed by atoms with Gasteiger partial charge in [-0.25, -0.2) is 4.79 Å². The molecule has 1 aliphatic carbocycles. The predicted molar refractivity (Wildman–Crippen MR) is 78.5 cm³/mol. The number of amides is 3. The van der Waals surface area contributed by atoms with Crippen LogP contribution >= 0.6 is 0 Å². The Morgan fingerprint density at radius 2 is 1.95 bits per heavy atom. The topological polar surface area (TPSA) is 113 Å². The Hall–Kier alpha value is -2.05. The molecule has 5 N–H and O–H groups in total. The molecule has 0 aromatic carbocycles. The zero-order valence-electron chi connectivity index (χ0n) is 12.7. The van der Waals surface area contributed by atoms with Gasteiger partial charge in [-0.3, -0.25) is 9.89 Å². The molecule has 1 saturated carbocycles. The number of aryl methyl sites for hydroxylation is 2. The molecule has 116 valence electrons. The molecule has 0 radical (unpaired) electrons. The van der Waals surface area contributed by atoms with Crippen molar-refractivity contribution < 1.29 is 9.59 Å². The van der Waals surface area contributed by atoms with E-state index in [1.165, 1.54) is 0 Å². The SMILES string of the molecule is Cc1n[nH]c(C)c1[C@H](C)NC(=O)NC1(C(N)=O)CCCC1. The lowest BCUT2D eigenvalue weighted by Crippen LogP contribution is -2.58. The summed E-state index contributed by atoms with van der Waals surface area (Å²) < 4.78 is 0. The van der Waals surface area contributed by atoms with Crippen molar-refractivity contribution in [3.8, 4) is 0 Å². The third-order valence-corrected chi connectivity index (χ3v) is 4.25. The summed E-state index contributed by atoms with van der Waals surface area (Å²) in [6.07, 6.45) is 3.01. The first kappa shape index (κ1) is 15.3. The molecule has 0 unspecified atom stereocenters. The van der Waals surface area contributed by atoms with E-state index in [0.29, 0.717) is 12.8 Å². The van der Waals surface area contributed by atoms with Gasteiger partial charge in [0.15, 0.2) is 0 Å². The molecule has 2 rings (SSSR count). The first-order valence-electron chi connectivity index (χ1n) is 7.26. The number of H-pyrrole nitrogens is 1. The number of nitrogens with two attached hydrogens (primary N) is 1. The van der Waals surface area contributed by atoms with Gasteiger partial charge in [0.2, 0.25) is 5.91 Å². The van der Waals surface area contributed by atoms with Crippen LogP contribution in [0, 0.1) is 13.8 Å².